The number of nitrogens with zero attached hydrogens (tertiary/aromatic N) is 1. The first-order valence-corrected chi connectivity index (χ1v) is 10.6. The number of alkyl halides is 3. The summed E-state index contributed by atoms with van der Waals surface area (Å²) in [5, 5.41) is -0.809. The van der Waals surface area contributed by atoms with Crippen LogP contribution in [0.2, 0.25) is 5.02 Å². The van der Waals surface area contributed by atoms with Crippen LogP contribution in [0.5, 0.6) is 0 Å². The van der Waals surface area contributed by atoms with Crippen molar-refractivity contribution in [2.45, 2.75) is 19.6 Å². The van der Waals surface area contributed by atoms with Crippen LogP contribution in [0.3, 0.4) is 0 Å². The molecule has 0 unspecified atom stereocenters. The molecule has 0 bridgehead atoms. The molecule has 3 aromatic rings. The van der Waals surface area contributed by atoms with E-state index in [1.165, 1.54) is 24.3 Å². The van der Waals surface area contributed by atoms with Crippen molar-refractivity contribution in [2.24, 2.45) is 0 Å². The molecule has 0 spiro atoms. The second kappa shape index (κ2) is 8.52. The molecule has 1 aromatic heterocycles. The number of halogens is 4. The maximum Gasteiger partial charge on any atom is 0.417 e. The van der Waals surface area contributed by atoms with Gasteiger partial charge in [-0.05, 0) is 54.6 Å². The topological polar surface area (TPSA) is 50.5 Å². The molecule has 2 aromatic carbocycles. The van der Waals surface area contributed by atoms with Gasteiger partial charge in [0, 0.05) is 11.6 Å². The molecule has 0 N–H and O–H groups in total. The number of aryl methyl sites for hydroxylation is 1. The van der Waals surface area contributed by atoms with Crippen LogP contribution < -0.4 is 0 Å². The molecule has 9 heteroatoms. The summed E-state index contributed by atoms with van der Waals surface area (Å²) in [5.41, 5.74) is 1.11. The van der Waals surface area contributed by atoms with Crippen LogP contribution in [0.4, 0.5) is 18.0 Å². The molecular formula is C23H15ClF3NO3S. The van der Waals surface area contributed by atoms with Crippen molar-refractivity contribution in [1.29, 1.82) is 0 Å². The van der Waals surface area contributed by atoms with E-state index >= 15 is 0 Å². The standard InChI is InChI=1S/C23H15ClF3NO3S/c1-13-2-4-14(5-3-13)12-28-21(29)20(32-22(28)30)11-16-7-9-19(31-16)15-6-8-18(24)17(10-15)23(25,26)27/h2-11H,12H2,1H3/b20-11-. The summed E-state index contributed by atoms with van der Waals surface area (Å²) in [5.74, 6) is -0.0361. The average molecular weight is 478 g/mol. The lowest BCUT2D eigenvalue weighted by molar-refractivity contribution is -0.137. The lowest BCUT2D eigenvalue weighted by Crippen LogP contribution is -2.27. The molecular weight excluding hydrogens is 463 g/mol. The van der Waals surface area contributed by atoms with E-state index in [2.05, 4.69) is 0 Å². The molecule has 164 valence electrons. The Balaban J connectivity index is 1.55. The second-order valence-corrected chi connectivity index (χ2v) is 8.55. The van der Waals surface area contributed by atoms with Crippen LogP contribution in [0.15, 0.2) is 63.9 Å². The predicted octanol–water partition coefficient (Wildman–Crippen LogP) is 7.16. The van der Waals surface area contributed by atoms with Gasteiger partial charge in [-0.1, -0.05) is 41.4 Å². The lowest BCUT2D eigenvalue weighted by atomic mass is 10.1. The summed E-state index contributed by atoms with van der Waals surface area (Å²) in [4.78, 5) is 26.3. The van der Waals surface area contributed by atoms with Crippen LogP contribution in [0.25, 0.3) is 17.4 Å². The molecule has 1 aliphatic heterocycles. The van der Waals surface area contributed by atoms with E-state index in [0.717, 1.165) is 39.9 Å². The summed E-state index contributed by atoms with van der Waals surface area (Å²) in [6.07, 6.45) is -3.19. The van der Waals surface area contributed by atoms with Crippen LogP contribution in [-0.2, 0) is 17.5 Å². The van der Waals surface area contributed by atoms with Gasteiger partial charge in [0.05, 0.1) is 22.0 Å². The fraction of sp³-hybridized carbons (Fsp3) is 0.130. The highest BCUT2D eigenvalue weighted by molar-refractivity contribution is 8.18. The molecule has 0 radical (unpaired) electrons. The van der Waals surface area contributed by atoms with E-state index in [9.17, 15) is 22.8 Å². The molecule has 32 heavy (non-hydrogen) atoms. The third-order valence-corrected chi connectivity index (χ3v) is 6.03. The molecule has 2 heterocycles. The number of hydrogen-bond donors (Lipinski definition) is 0. The Bertz CT molecular complexity index is 1230. The zero-order chi connectivity index (χ0) is 23.0. The van der Waals surface area contributed by atoms with Crippen molar-refractivity contribution in [3.05, 3.63) is 87.0 Å². The Morgan fingerprint density at radius 3 is 2.47 bits per heavy atom. The van der Waals surface area contributed by atoms with E-state index in [-0.39, 0.29) is 28.5 Å². The summed E-state index contributed by atoms with van der Waals surface area (Å²) in [6, 6.07) is 14.0. The van der Waals surface area contributed by atoms with Gasteiger partial charge in [-0.15, -0.1) is 0 Å². The fourth-order valence-corrected chi connectivity index (χ4v) is 4.17. The Morgan fingerprint density at radius 1 is 1.06 bits per heavy atom. The van der Waals surface area contributed by atoms with E-state index in [1.54, 1.807) is 0 Å². The highest BCUT2D eigenvalue weighted by atomic mass is 35.5. The molecule has 1 saturated heterocycles. The SMILES string of the molecule is Cc1ccc(CN2C(=O)S/C(=C\c3ccc(-c4ccc(Cl)c(C(F)(F)F)c4)o3)C2=O)cc1. The van der Waals surface area contributed by atoms with Crippen LogP contribution >= 0.6 is 23.4 Å². The van der Waals surface area contributed by atoms with Crippen molar-refractivity contribution in [3.63, 3.8) is 0 Å². The van der Waals surface area contributed by atoms with E-state index in [4.69, 9.17) is 16.0 Å². The fourth-order valence-electron chi connectivity index (χ4n) is 3.12. The maximum absolute atomic E-state index is 13.1. The molecule has 4 nitrogen and oxygen atoms in total. The normalized spacial score (nSPS) is 15.8. The first-order chi connectivity index (χ1) is 15.1. The number of carbonyl (C=O) groups is 2. The summed E-state index contributed by atoms with van der Waals surface area (Å²) < 4.78 is 44.9. The Hall–Kier alpha value is -2.97. The summed E-state index contributed by atoms with van der Waals surface area (Å²) in [7, 11) is 0. The van der Waals surface area contributed by atoms with Gasteiger partial charge in [0.15, 0.2) is 0 Å². The summed E-state index contributed by atoms with van der Waals surface area (Å²) in [6.45, 7) is 2.09. The van der Waals surface area contributed by atoms with Crippen molar-refractivity contribution in [3.8, 4) is 11.3 Å². The zero-order valence-electron chi connectivity index (χ0n) is 16.6. The Labute approximate surface area is 190 Å². The smallest absolute Gasteiger partial charge is 0.417 e. The molecule has 0 aliphatic carbocycles. The molecule has 2 amide bonds. The van der Waals surface area contributed by atoms with Gasteiger partial charge >= 0.3 is 6.18 Å². The minimum absolute atomic E-state index is 0.149. The number of hydrogen-bond acceptors (Lipinski definition) is 4. The minimum atomic E-state index is -4.60. The number of imide groups is 1. The Kier molecular flexibility index (Phi) is 5.92. The van der Waals surface area contributed by atoms with Crippen molar-refractivity contribution in [1.82, 2.24) is 4.90 Å². The number of benzene rings is 2. The number of furan rings is 1. The van der Waals surface area contributed by atoms with E-state index < -0.39 is 27.9 Å². The first kappa shape index (κ1) is 22.2. The van der Waals surface area contributed by atoms with Crippen LogP contribution in [0, 0.1) is 6.92 Å². The van der Waals surface area contributed by atoms with Gasteiger partial charge in [-0.25, -0.2) is 0 Å². The van der Waals surface area contributed by atoms with E-state index in [0.29, 0.717) is 0 Å². The van der Waals surface area contributed by atoms with Gasteiger partial charge in [-0.2, -0.15) is 13.2 Å². The predicted molar refractivity (Wildman–Crippen MR) is 117 cm³/mol. The largest absolute Gasteiger partial charge is 0.457 e. The molecule has 1 fully saturated rings. The van der Waals surface area contributed by atoms with Gasteiger partial charge in [0.2, 0.25) is 0 Å². The van der Waals surface area contributed by atoms with Crippen molar-refractivity contribution < 1.29 is 27.2 Å². The quantitative estimate of drug-likeness (QED) is 0.374. The number of amides is 2. The van der Waals surface area contributed by atoms with Gasteiger partial charge in [-0.3, -0.25) is 14.5 Å². The molecule has 1 aliphatic rings. The van der Waals surface area contributed by atoms with Crippen molar-refractivity contribution in [2.75, 3.05) is 0 Å². The highest BCUT2D eigenvalue weighted by Crippen LogP contribution is 2.38. The average Bonchev–Trinajstić information content (AvgIpc) is 3.29. The molecule has 0 atom stereocenters. The van der Waals surface area contributed by atoms with Crippen LogP contribution in [-0.4, -0.2) is 16.0 Å². The minimum Gasteiger partial charge on any atom is -0.457 e. The number of thioether (sulfide) groups is 1. The van der Waals surface area contributed by atoms with Gasteiger partial charge < -0.3 is 4.42 Å². The van der Waals surface area contributed by atoms with Gasteiger partial charge in [0.1, 0.15) is 11.5 Å². The molecule has 4 rings (SSSR count). The Morgan fingerprint density at radius 2 is 1.78 bits per heavy atom. The lowest BCUT2D eigenvalue weighted by Gasteiger charge is -2.12. The number of carbonyl (C=O) groups excluding carboxylic acids is 2. The zero-order valence-corrected chi connectivity index (χ0v) is 18.1. The molecule has 0 saturated carbocycles. The van der Waals surface area contributed by atoms with Gasteiger partial charge in [0.25, 0.3) is 11.1 Å². The van der Waals surface area contributed by atoms with Crippen molar-refractivity contribution >= 4 is 40.6 Å². The highest BCUT2D eigenvalue weighted by Gasteiger charge is 2.35. The third-order valence-electron chi connectivity index (χ3n) is 4.79. The third kappa shape index (κ3) is 4.61. The number of rotatable bonds is 4. The summed E-state index contributed by atoms with van der Waals surface area (Å²) >= 11 is 6.44. The second-order valence-electron chi connectivity index (χ2n) is 7.15. The van der Waals surface area contributed by atoms with Crippen LogP contribution in [0.1, 0.15) is 22.5 Å². The first-order valence-electron chi connectivity index (χ1n) is 9.40. The van der Waals surface area contributed by atoms with E-state index in [1.807, 2.05) is 31.2 Å². The maximum atomic E-state index is 13.1. The monoisotopic (exact) mass is 477 g/mol.